The van der Waals surface area contributed by atoms with Gasteiger partial charge in [-0.25, -0.2) is 4.98 Å². The molecule has 22 heavy (non-hydrogen) atoms. The van der Waals surface area contributed by atoms with Crippen LogP contribution in [0.1, 0.15) is 41.8 Å². The van der Waals surface area contributed by atoms with Gasteiger partial charge in [0.15, 0.2) is 5.13 Å². The molecule has 0 bridgehead atoms. The minimum Gasteiger partial charge on any atom is -0.302 e. The van der Waals surface area contributed by atoms with E-state index < -0.39 is 0 Å². The number of thiazole rings is 1. The molecule has 0 spiro atoms. The highest BCUT2D eigenvalue weighted by Crippen LogP contribution is 2.29. The van der Waals surface area contributed by atoms with E-state index in [1.807, 2.05) is 24.3 Å². The third-order valence-electron chi connectivity index (χ3n) is 3.87. The number of halogens is 1. The fourth-order valence-corrected chi connectivity index (χ4v) is 3.88. The number of hydrogen-bond acceptors (Lipinski definition) is 3. The van der Waals surface area contributed by atoms with Crippen molar-refractivity contribution in [3.05, 3.63) is 45.4 Å². The Morgan fingerprint density at radius 3 is 2.77 bits per heavy atom. The van der Waals surface area contributed by atoms with E-state index in [0.717, 1.165) is 35.8 Å². The molecule has 1 aliphatic rings. The van der Waals surface area contributed by atoms with Gasteiger partial charge in [-0.3, -0.25) is 4.79 Å². The number of hydrogen-bond donors (Lipinski definition) is 1. The fraction of sp³-hybridized carbons (Fsp3) is 0.412. The van der Waals surface area contributed by atoms with Gasteiger partial charge in [0.25, 0.3) is 0 Å². The number of carbonyl (C=O) groups is 1. The highest BCUT2D eigenvalue weighted by atomic mass is 35.5. The van der Waals surface area contributed by atoms with Crippen LogP contribution >= 0.6 is 22.9 Å². The van der Waals surface area contributed by atoms with E-state index in [9.17, 15) is 4.79 Å². The number of benzene rings is 1. The molecule has 1 aliphatic carbocycles. The molecule has 0 atom stereocenters. The lowest BCUT2D eigenvalue weighted by molar-refractivity contribution is -0.116. The maximum Gasteiger partial charge on any atom is 0.226 e. The van der Waals surface area contributed by atoms with E-state index in [2.05, 4.69) is 10.3 Å². The molecule has 0 fully saturated rings. The van der Waals surface area contributed by atoms with Crippen molar-refractivity contribution in [1.82, 2.24) is 4.98 Å². The summed E-state index contributed by atoms with van der Waals surface area (Å²) in [4.78, 5) is 17.9. The minimum absolute atomic E-state index is 0.0556. The second-order valence-electron chi connectivity index (χ2n) is 5.62. The Hall–Kier alpha value is -1.39. The number of aromatic nitrogens is 1. The van der Waals surface area contributed by atoms with Crippen molar-refractivity contribution in [1.29, 1.82) is 0 Å². The number of anilines is 1. The van der Waals surface area contributed by atoms with Gasteiger partial charge in [0, 0.05) is 16.3 Å². The summed E-state index contributed by atoms with van der Waals surface area (Å²) in [5, 5.41) is 4.45. The number of amides is 1. The smallest absolute Gasteiger partial charge is 0.226 e. The summed E-state index contributed by atoms with van der Waals surface area (Å²) in [7, 11) is 0. The van der Waals surface area contributed by atoms with Crippen molar-refractivity contribution >= 4 is 34.0 Å². The predicted octanol–water partition coefficient (Wildman–Crippen LogP) is 4.64. The van der Waals surface area contributed by atoms with Crippen LogP contribution in [0.15, 0.2) is 24.3 Å². The van der Waals surface area contributed by atoms with E-state index in [1.54, 1.807) is 11.3 Å². The van der Waals surface area contributed by atoms with E-state index >= 15 is 0 Å². The Morgan fingerprint density at radius 2 is 2.00 bits per heavy atom. The van der Waals surface area contributed by atoms with Crippen molar-refractivity contribution < 1.29 is 4.79 Å². The normalized spacial score (nSPS) is 13.7. The van der Waals surface area contributed by atoms with Gasteiger partial charge < -0.3 is 5.32 Å². The Bertz CT molecular complexity index is 628. The Kier molecular flexibility index (Phi) is 5.11. The summed E-state index contributed by atoms with van der Waals surface area (Å²) in [6.07, 6.45) is 6.86. The summed E-state index contributed by atoms with van der Waals surface area (Å²) >= 11 is 7.50. The summed E-state index contributed by atoms with van der Waals surface area (Å²) in [5.74, 6) is 0.0556. The van der Waals surface area contributed by atoms with Crippen LogP contribution in [0.5, 0.6) is 0 Å². The summed E-state index contributed by atoms with van der Waals surface area (Å²) in [5.41, 5.74) is 2.40. The molecule has 1 amide bonds. The summed E-state index contributed by atoms with van der Waals surface area (Å²) in [6.45, 7) is 0. The number of aryl methyl sites for hydroxylation is 3. The number of fused-ring (bicyclic) bond motifs is 1. The highest BCUT2D eigenvalue weighted by Gasteiger charge is 2.16. The summed E-state index contributed by atoms with van der Waals surface area (Å²) in [6, 6.07) is 7.79. The van der Waals surface area contributed by atoms with Crippen molar-refractivity contribution in [2.45, 2.75) is 44.9 Å². The van der Waals surface area contributed by atoms with Crippen LogP contribution in [0.2, 0.25) is 5.02 Å². The van der Waals surface area contributed by atoms with Crippen LogP contribution in [0, 0.1) is 0 Å². The maximum atomic E-state index is 12.0. The number of nitrogens with zero attached hydrogens (tertiary/aromatic N) is 1. The zero-order valence-electron chi connectivity index (χ0n) is 12.4. The average Bonchev–Trinajstić information content (AvgIpc) is 2.91. The molecule has 1 aromatic heterocycles. The molecule has 0 saturated carbocycles. The molecule has 116 valence electrons. The van der Waals surface area contributed by atoms with Gasteiger partial charge in [0.1, 0.15) is 0 Å². The molecule has 2 aromatic rings. The standard InChI is InChI=1S/C17H19ClN2OS/c18-13-10-8-12(9-11-13)4-3-7-16(21)20-17-19-14-5-1-2-6-15(14)22-17/h8-11H,1-7H2,(H,19,20,21). The van der Waals surface area contributed by atoms with Gasteiger partial charge in [0.05, 0.1) is 5.69 Å². The van der Waals surface area contributed by atoms with E-state index in [-0.39, 0.29) is 5.91 Å². The molecule has 1 heterocycles. The first-order chi connectivity index (χ1) is 10.7. The summed E-state index contributed by atoms with van der Waals surface area (Å²) < 4.78 is 0. The number of rotatable bonds is 5. The van der Waals surface area contributed by atoms with Crippen LogP contribution in [0.3, 0.4) is 0 Å². The highest BCUT2D eigenvalue weighted by molar-refractivity contribution is 7.15. The maximum absolute atomic E-state index is 12.0. The molecule has 1 N–H and O–H groups in total. The molecule has 5 heteroatoms. The monoisotopic (exact) mass is 334 g/mol. The van der Waals surface area contributed by atoms with Crippen LogP contribution < -0.4 is 5.32 Å². The van der Waals surface area contributed by atoms with Gasteiger partial charge in [-0.05, 0) is 56.2 Å². The molecular weight excluding hydrogens is 316 g/mol. The lowest BCUT2D eigenvalue weighted by atomic mass is 10.0. The SMILES string of the molecule is O=C(CCCc1ccc(Cl)cc1)Nc1nc2c(s1)CCCC2. The topological polar surface area (TPSA) is 42.0 Å². The zero-order valence-corrected chi connectivity index (χ0v) is 14.0. The molecule has 0 unspecified atom stereocenters. The number of nitrogens with one attached hydrogen (secondary N) is 1. The second-order valence-corrected chi connectivity index (χ2v) is 7.14. The molecule has 0 radical (unpaired) electrons. The minimum atomic E-state index is 0.0556. The molecule has 1 aromatic carbocycles. The lowest BCUT2D eigenvalue weighted by Crippen LogP contribution is -2.11. The molecular formula is C17H19ClN2OS. The van der Waals surface area contributed by atoms with Crippen molar-refractivity contribution in [2.24, 2.45) is 0 Å². The van der Waals surface area contributed by atoms with Crippen LogP contribution in [0.25, 0.3) is 0 Å². The van der Waals surface area contributed by atoms with Gasteiger partial charge in [-0.2, -0.15) is 0 Å². The Labute approximate surface area is 139 Å². The van der Waals surface area contributed by atoms with Crippen molar-refractivity contribution in [3.8, 4) is 0 Å². The van der Waals surface area contributed by atoms with E-state index in [1.165, 1.54) is 29.0 Å². The molecule has 0 aliphatic heterocycles. The van der Waals surface area contributed by atoms with Gasteiger partial charge in [-0.15, -0.1) is 11.3 Å². The van der Waals surface area contributed by atoms with Gasteiger partial charge >= 0.3 is 0 Å². The first-order valence-corrected chi connectivity index (χ1v) is 8.93. The molecule has 3 rings (SSSR count). The molecule has 0 saturated heterocycles. The lowest BCUT2D eigenvalue weighted by Gasteiger charge is -2.06. The van der Waals surface area contributed by atoms with E-state index in [4.69, 9.17) is 11.6 Å². The second kappa shape index (κ2) is 7.25. The van der Waals surface area contributed by atoms with Crippen LogP contribution in [-0.2, 0) is 24.1 Å². The van der Waals surface area contributed by atoms with Crippen LogP contribution in [0.4, 0.5) is 5.13 Å². The van der Waals surface area contributed by atoms with Gasteiger partial charge in [-0.1, -0.05) is 23.7 Å². The van der Waals surface area contributed by atoms with Gasteiger partial charge in [0.2, 0.25) is 5.91 Å². The van der Waals surface area contributed by atoms with Crippen LogP contribution in [-0.4, -0.2) is 10.9 Å². The largest absolute Gasteiger partial charge is 0.302 e. The first kappa shape index (κ1) is 15.5. The fourth-order valence-electron chi connectivity index (χ4n) is 2.69. The van der Waals surface area contributed by atoms with Crippen molar-refractivity contribution in [3.63, 3.8) is 0 Å². The van der Waals surface area contributed by atoms with Crippen molar-refractivity contribution in [2.75, 3.05) is 5.32 Å². The quantitative estimate of drug-likeness (QED) is 0.865. The first-order valence-electron chi connectivity index (χ1n) is 7.73. The molecule has 3 nitrogen and oxygen atoms in total. The Balaban J connectivity index is 1.46. The average molecular weight is 335 g/mol. The third kappa shape index (κ3) is 4.08. The number of carbonyl (C=O) groups excluding carboxylic acids is 1. The predicted molar refractivity (Wildman–Crippen MR) is 91.8 cm³/mol. The van der Waals surface area contributed by atoms with E-state index in [0.29, 0.717) is 6.42 Å². The zero-order chi connectivity index (χ0) is 15.4. The third-order valence-corrected chi connectivity index (χ3v) is 5.20. The Morgan fingerprint density at radius 1 is 1.23 bits per heavy atom.